The number of alkyl halides is 1. The third-order valence-corrected chi connectivity index (χ3v) is 6.22. The molecule has 2 amide bonds. The van der Waals surface area contributed by atoms with E-state index >= 15 is 0 Å². The van der Waals surface area contributed by atoms with Crippen molar-refractivity contribution in [1.82, 2.24) is 19.9 Å². The molecule has 35 heavy (non-hydrogen) atoms. The first kappa shape index (κ1) is 22.9. The zero-order valence-corrected chi connectivity index (χ0v) is 19.5. The van der Waals surface area contributed by atoms with Gasteiger partial charge in [-0.05, 0) is 43.5 Å². The summed E-state index contributed by atoms with van der Waals surface area (Å²) < 4.78 is 26.2. The summed E-state index contributed by atoms with van der Waals surface area (Å²) in [6.45, 7) is 3.82. The van der Waals surface area contributed by atoms with Crippen molar-refractivity contribution < 1.29 is 23.1 Å². The second-order valence-corrected chi connectivity index (χ2v) is 8.99. The molecule has 2 aromatic heterocycles. The Hall–Kier alpha value is -3.82. The molecule has 1 N–H and O–H groups in total. The van der Waals surface area contributed by atoms with Crippen molar-refractivity contribution >= 4 is 17.6 Å². The van der Waals surface area contributed by atoms with Crippen LogP contribution in [0.2, 0.25) is 0 Å². The van der Waals surface area contributed by atoms with Gasteiger partial charge in [0.05, 0.1) is 18.4 Å². The molecule has 1 aliphatic heterocycles. The number of aryl methyl sites for hydroxylation is 2. The summed E-state index contributed by atoms with van der Waals surface area (Å²) in [5, 5.41) is 2.83. The molecular formula is C25H26FN5O4. The van der Waals surface area contributed by atoms with Crippen LogP contribution in [-0.4, -0.2) is 57.0 Å². The van der Waals surface area contributed by atoms with Gasteiger partial charge in [-0.2, -0.15) is 0 Å². The van der Waals surface area contributed by atoms with E-state index in [1.54, 1.807) is 19.1 Å². The number of anilines is 1. The molecule has 0 spiro atoms. The molecule has 1 aromatic carbocycles. The minimum absolute atomic E-state index is 0.0148. The Labute approximate surface area is 201 Å². The third-order valence-electron chi connectivity index (χ3n) is 6.22. The molecule has 2 aliphatic rings. The highest BCUT2D eigenvalue weighted by atomic mass is 19.1. The number of amides is 2. The molecule has 182 valence electrons. The number of piperidine rings is 1. The maximum absolute atomic E-state index is 14.9. The maximum Gasteiger partial charge on any atom is 0.291 e. The van der Waals surface area contributed by atoms with Crippen LogP contribution in [0.5, 0.6) is 5.75 Å². The summed E-state index contributed by atoms with van der Waals surface area (Å²) in [4.78, 5) is 38.3. The van der Waals surface area contributed by atoms with Crippen LogP contribution in [-0.2, 0) is 4.79 Å². The largest absolute Gasteiger partial charge is 0.487 e. The third kappa shape index (κ3) is 5.16. The lowest BCUT2D eigenvalue weighted by atomic mass is 10.0. The highest BCUT2D eigenvalue weighted by Crippen LogP contribution is 2.31. The Balaban J connectivity index is 1.22. The van der Waals surface area contributed by atoms with Gasteiger partial charge in [0, 0.05) is 37.4 Å². The summed E-state index contributed by atoms with van der Waals surface area (Å²) in [7, 11) is 0. The molecule has 0 bridgehead atoms. The number of aromatic nitrogens is 3. The number of nitrogens with one attached hydrogen (secondary N) is 1. The standard InChI is InChI=1S/C25H26FN5O4/c1-14-9-17(19-10-23(29-13-28-19)30-24(32)16-3-4-16)5-6-20(14)35-21-7-8-31(12-18(21)26)25(33)22-11-27-15(2)34-22/h5-6,9-11,13,16,18,21H,3-4,7-8,12H2,1-2H3,(H,28,29,30,32)/t18-,21+/m1/s1. The molecule has 1 aliphatic carbocycles. The first-order valence-electron chi connectivity index (χ1n) is 11.6. The fraction of sp³-hybridized carbons (Fsp3) is 0.400. The number of benzene rings is 1. The van der Waals surface area contributed by atoms with Crippen molar-refractivity contribution in [2.45, 2.75) is 45.4 Å². The van der Waals surface area contributed by atoms with E-state index in [4.69, 9.17) is 9.15 Å². The number of carbonyl (C=O) groups excluding carboxylic acids is 2. The van der Waals surface area contributed by atoms with Gasteiger partial charge in [0.15, 0.2) is 12.1 Å². The number of likely N-dealkylation sites (tertiary alicyclic amines) is 1. The van der Waals surface area contributed by atoms with E-state index in [-0.39, 0.29) is 30.0 Å². The van der Waals surface area contributed by atoms with Gasteiger partial charge in [0.2, 0.25) is 11.7 Å². The van der Waals surface area contributed by atoms with Crippen LogP contribution in [0.4, 0.5) is 10.2 Å². The van der Waals surface area contributed by atoms with Crippen LogP contribution in [0.3, 0.4) is 0 Å². The fourth-order valence-electron chi connectivity index (χ4n) is 4.08. The van der Waals surface area contributed by atoms with E-state index in [2.05, 4.69) is 20.3 Å². The number of hydrogen-bond acceptors (Lipinski definition) is 7. The van der Waals surface area contributed by atoms with Crippen molar-refractivity contribution in [2.24, 2.45) is 5.92 Å². The fourth-order valence-corrected chi connectivity index (χ4v) is 4.08. The van der Waals surface area contributed by atoms with Gasteiger partial charge in [-0.1, -0.05) is 0 Å². The second kappa shape index (κ2) is 9.44. The van der Waals surface area contributed by atoms with E-state index in [1.165, 1.54) is 17.4 Å². The average Bonchev–Trinajstić information content (AvgIpc) is 3.62. The van der Waals surface area contributed by atoms with Crippen molar-refractivity contribution in [2.75, 3.05) is 18.4 Å². The zero-order chi connectivity index (χ0) is 24.5. The van der Waals surface area contributed by atoms with Crippen LogP contribution in [0.25, 0.3) is 11.3 Å². The van der Waals surface area contributed by atoms with Gasteiger partial charge >= 0.3 is 0 Å². The summed E-state index contributed by atoms with van der Waals surface area (Å²) in [6.07, 6.45) is 2.97. The molecule has 10 heteroatoms. The highest BCUT2D eigenvalue weighted by Gasteiger charge is 2.34. The smallest absolute Gasteiger partial charge is 0.291 e. The van der Waals surface area contributed by atoms with E-state index in [9.17, 15) is 14.0 Å². The molecule has 5 rings (SSSR count). The van der Waals surface area contributed by atoms with Gasteiger partial charge < -0.3 is 19.4 Å². The monoisotopic (exact) mass is 479 g/mol. The molecular weight excluding hydrogens is 453 g/mol. The lowest BCUT2D eigenvalue weighted by Crippen LogP contribution is -2.49. The number of rotatable bonds is 6. The number of carbonyl (C=O) groups is 2. The van der Waals surface area contributed by atoms with Gasteiger partial charge in [-0.25, -0.2) is 19.3 Å². The topological polar surface area (TPSA) is 110 Å². The number of nitrogens with zero attached hydrogens (tertiary/aromatic N) is 4. The number of ether oxygens (including phenoxy) is 1. The Morgan fingerprint density at radius 1 is 1.14 bits per heavy atom. The molecule has 1 saturated heterocycles. The minimum atomic E-state index is -1.34. The number of oxazole rings is 1. The Morgan fingerprint density at radius 2 is 1.97 bits per heavy atom. The first-order chi connectivity index (χ1) is 16.9. The van der Waals surface area contributed by atoms with Crippen molar-refractivity contribution in [1.29, 1.82) is 0 Å². The lowest BCUT2D eigenvalue weighted by molar-refractivity contribution is -0.117. The first-order valence-corrected chi connectivity index (χ1v) is 11.6. The SMILES string of the molecule is Cc1ncc(C(=O)N2CC[C@H](Oc3ccc(-c4cc(NC(=O)C5CC5)ncn4)cc3C)[C@H](F)C2)o1. The summed E-state index contributed by atoms with van der Waals surface area (Å²) >= 11 is 0. The quantitative estimate of drug-likeness (QED) is 0.574. The van der Waals surface area contributed by atoms with Gasteiger partial charge in [-0.15, -0.1) is 0 Å². The van der Waals surface area contributed by atoms with E-state index in [0.717, 1.165) is 24.0 Å². The number of halogens is 1. The average molecular weight is 480 g/mol. The maximum atomic E-state index is 14.9. The van der Waals surface area contributed by atoms with E-state index in [1.807, 2.05) is 19.1 Å². The van der Waals surface area contributed by atoms with Crippen LogP contribution in [0, 0.1) is 19.8 Å². The molecule has 2 fully saturated rings. The second-order valence-electron chi connectivity index (χ2n) is 8.99. The van der Waals surface area contributed by atoms with Crippen LogP contribution >= 0.6 is 0 Å². The summed E-state index contributed by atoms with van der Waals surface area (Å²) in [5.74, 6) is 1.24. The highest BCUT2D eigenvalue weighted by molar-refractivity contribution is 5.93. The van der Waals surface area contributed by atoms with Gasteiger partial charge in [-0.3, -0.25) is 9.59 Å². The van der Waals surface area contributed by atoms with Gasteiger partial charge in [0.25, 0.3) is 5.91 Å². The van der Waals surface area contributed by atoms with Crippen LogP contribution < -0.4 is 10.1 Å². The van der Waals surface area contributed by atoms with Gasteiger partial charge in [0.1, 0.15) is 24.0 Å². The lowest BCUT2D eigenvalue weighted by Gasteiger charge is -2.34. The van der Waals surface area contributed by atoms with Crippen molar-refractivity contribution in [3.63, 3.8) is 0 Å². The molecule has 9 nitrogen and oxygen atoms in total. The molecule has 0 radical (unpaired) electrons. The zero-order valence-electron chi connectivity index (χ0n) is 19.5. The summed E-state index contributed by atoms with van der Waals surface area (Å²) in [5.41, 5.74) is 2.32. The van der Waals surface area contributed by atoms with Crippen molar-refractivity contribution in [3.8, 4) is 17.0 Å². The predicted octanol–water partition coefficient (Wildman–Crippen LogP) is 3.73. The minimum Gasteiger partial charge on any atom is -0.487 e. The van der Waals surface area contributed by atoms with Crippen LogP contribution in [0.1, 0.15) is 41.3 Å². The van der Waals surface area contributed by atoms with Crippen LogP contribution in [0.15, 0.2) is 41.2 Å². The molecule has 3 aromatic rings. The Kier molecular flexibility index (Phi) is 6.19. The molecule has 3 heterocycles. The number of hydrogen-bond donors (Lipinski definition) is 1. The Morgan fingerprint density at radius 3 is 2.66 bits per heavy atom. The molecule has 2 atom stereocenters. The predicted molar refractivity (Wildman–Crippen MR) is 125 cm³/mol. The Bertz CT molecular complexity index is 1260. The normalized spacial score (nSPS) is 19.9. The summed E-state index contributed by atoms with van der Waals surface area (Å²) in [6, 6.07) is 7.27. The van der Waals surface area contributed by atoms with E-state index < -0.39 is 12.3 Å². The van der Waals surface area contributed by atoms with E-state index in [0.29, 0.717) is 36.1 Å². The molecule has 0 unspecified atom stereocenters. The van der Waals surface area contributed by atoms with Crippen molar-refractivity contribution in [3.05, 3.63) is 54.0 Å². The molecule has 1 saturated carbocycles.